The first-order valence-electron chi connectivity index (χ1n) is 9.77. The molecule has 5 rings (SSSR count). The van der Waals surface area contributed by atoms with Gasteiger partial charge in [0, 0.05) is 18.7 Å². The first-order chi connectivity index (χ1) is 13.6. The molecule has 0 aliphatic carbocycles. The van der Waals surface area contributed by atoms with Crippen LogP contribution < -0.4 is 5.32 Å². The third kappa shape index (κ3) is 2.92. The summed E-state index contributed by atoms with van der Waals surface area (Å²) < 4.78 is 0. The van der Waals surface area contributed by atoms with Crippen molar-refractivity contribution in [3.63, 3.8) is 0 Å². The normalized spacial score (nSPS) is 18.8. The van der Waals surface area contributed by atoms with E-state index in [0.29, 0.717) is 16.9 Å². The van der Waals surface area contributed by atoms with E-state index in [-0.39, 0.29) is 17.1 Å². The summed E-state index contributed by atoms with van der Waals surface area (Å²) in [6.07, 6.45) is 5.01. The van der Waals surface area contributed by atoms with Crippen molar-refractivity contribution in [2.24, 2.45) is 5.41 Å². The Hall–Kier alpha value is -2.93. The fourth-order valence-electron chi connectivity index (χ4n) is 4.53. The molecule has 2 aliphatic heterocycles. The number of piperidine rings is 1. The van der Waals surface area contributed by atoms with Crippen molar-refractivity contribution in [3.8, 4) is 17.0 Å². The average Bonchev–Trinajstić information content (AvgIpc) is 3.35. The molecule has 7 heteroatoms. The molecular weight excluding hydrogens is 354 g/mol. The molecular formula is C21H23N5O2. The Morgan fingerprint density at radius 3 is 2.71 bits per heavy atom. The summed E-state index contributed by atoms with van der Waals surface area (Å²) in [6, 6.07) is 8.69. The SMILES string of the molecule is O=C(c1cc(-c2ccc(O)cc2)nc2[nH]ncc12)N1CCC2(CCNCC2)C1. The number of carbonyl (C=O) groups excluding carboxylic acids is 1. The van der Waals surface area contributed by atoms with Crippen molar-refractivity contribution in [2.45, 2.75) is 19.3 Å². The average molecular weight is 377 g/mol. The quantitative estimate of drug-likeness (QED) is 0.638. The fourth-order valence-corrected chi connectivity index (χ4v) is 4.53. The number of nitrogens with zero attached hydrogens (tertiary/aromatic N) is 3. The molecule has 0 radical (unpaired) electrons. The lowest BCUT2D eigenvalue weighted by molar-refractivity contribution is 0.0763. The van der Waals surface area contributed by atoms with Crippen LogP contribution in [-0.2, 0) is 0 Å². The van der Waals surface area contributed by atoms with Crippen LogP contribution in [0.25, 0.3) is 22.3 Å². The third-order valence-corrected chi connectivity index (χ3v) is 6.21. The van der Waals surface area contributed by atoms with Crippen LogP contribution in [0.1, 0.15) is 29.6 Å². The molecule has 2 fully saturated rings. The molecule has 3 aromatic rings. The Bertz CT molecular complexity index is 1020. The molecule has 1 amide bonds. The Morgan fingerprint density at radius 1 is 1.14 bits per heavy atom. The van der Waals surface area contributed by atoms with Crippen molar-refractivity contribution in [3.05, 3.63) is 42.1 Å². The summed E-state index contributed by atoms with van der Waals surface area (Å²) in [5, 5.41) is 20.7. The van der Waals surface area contributed by atoms with Gasteiger partial charge < -0.3 is 15.3 Å². The molecule has 3 N–H and O–H groups in total. The van der Waals surface area contributed by atoms with Gasteiger partial charge in [-0.05, 0) is 68.1 Å². The molecule has 0 unspecified atom stereocenters. The molecule has 0 atom stereocenters. The van der Waals surface area contributed by atoms with E-state index in [0.717, 1.165) is 56.4 Å². The molecule has 1 spiro atoms. The van der Waals surface area contributed by atoms with E-state index in [2.05, 4.69) is 20.5 Å². The monoisotopic (exact) mass is 377 g/mol. The highest BCUT2D eigenvalue weighted by Crippen LogP contribution is 2.39. The molecule has 2 saturated heterocycles. The zero-order valence-electron chi connectivity index (χ0n) is 15.6. The standard InChI is InChI=1S/C21H23N5O2/c27-15-3-1-14(2-4-15)18-11-16(17-12-23-25-19(17)24-18)20(28)26-10-7-21(13-26)5-8-22-9-6-21/h1-4,11-12,22,27H,5-10,13H2,(H,23,24,25). The molecule has 7 nitrogen and oxygen atoms in total. The van der Waals surface area contributed by atoms with Gasteiger partial charge >= 0.3 is 0 Å². The van der Waals surface area contributed by atoms with Gasteiger partial charge in [0.25, 0.3) is 5.91 Å². The van der Waals surface area contributed by atoms with Gasteiger partial charge in [-0.3, -0.25) is 9.89 Å². The van der Waals surface area contributed by atoms with E-state index in [9.17, 15) is 9.90 Å². The van der Waals surface area contributed by atoms with Gasteiger partial charge in [-0.2, -0.15) is 5.10 Å². The summed E-state index contributed by atoms with van der Waals surface area (Å²) in [5.41, 5.74) is 3.04. The number of aromatic hydroxyl groups is 1. The minimum absolute atomic E-state index is 0.0456. The largest absolute Gasteiger partial charge is 0.508 e. The number of hydrogen-bond donors (Lipinski definition) is 3. The lowest BCUT2D eigenvalue weighted by Crippen LogP contribution is -2.39. The van der Waals surface area contributed by atoms with Gasteiger partial charge in [0.2, 0.25) is 0 Å². The van der Waals surface area contributed by atoms with Crippen LogP contribution in [0.2, 0.25) is 0 Å². The lowest BCUT2D eigenvalue weighted by atomic mass is 9.78. The van der Waals surface area contributed by atoms with Crippen LogP contribution >= 0.6 is 0 Å². The number of amides is 1. The van der Waals surface area contributed by atoms with Gasteiger partial charge in [0.05, 0.1) is 22.8 Å². The fraction of sp³-hybridized carbons (Fsp3) is 0.381. The van der Waals surface area contributed by atoms with Crippen molar-refractivity contribution >= 4 is 16.9 Å². The second-order valence-electron chi connectivity index (χ2n) is 7.96. The van der Waals surface area contributed by atoms with E-state index in [4.69, 9.17) is 0 Å². The topological polar surface area (TPSA) is 94.1 Å². The minimum Gasteiger partial charge on any atom is -0.508 e. The predicted octanol–water partition coefficient (Wildman–Crippen LogP) is 2.55. The molecule has 2 aromatic heterocycles. The van der Waals surface area contributed by atoms with Crippen LogP contribution in [0.4, 0.5) is 0 Å². The van der Waals surface area contributed by atoms with Gasteiger partial charge in [-0.1, -0.05) is 0 Å². The highest BCUT2D eigenvalue weighted by molar-refractivity contribution is 6.06. The first kappa shape index (κ1) is 17.2. The van der Waals surface area contributed by atoms with Crippen molar-refractivity contribution in [1.29, 1.82) is 0 Å². The second-order valence-corrected chi connectivity index (χ2v) is 7.96. The van der Waals surface area contributed by atoms with E-state index in [1.807, 2.05) is 11.0 Å². The number of benzene rings is 1. The van der Waals surface area contributed by atoms with E-state index in [1.165, 1.54) is 0 Å². The number of nitrogens with one attached hydrogen (secondary N) is 2. The van der Waals surface area contributed by atoms with E-state index < -0.39 is 0 Å². The van der Waals surface area contributed by atoms with Crippen LogP contribution in [0.15, 0.2) is 36.5 Å². The van der Waals surface area contributed by atoms with Crippen molar-refractivity contribution < 1.29 is 9.90 Å². The number of phenolic OH excluding ortho intramolecular Hbond substituents is 1. The first-order valence-corrected chi connectivity index (χ1v) is 9.77. The summed E-state index contributed by atoms with van der Waals surface area (Å²) in [4.78, 5) is 20.0. The zero-order valence-corrected chi connectivity index (χ0v) is 15.6. The van der Waals surface area contributed by atoms with Gasteiger partial charge in [-0.15, -0.1) is 0 Å². The number of rotatable bonds is 2. The van der Waals surface area contributed by atoms with Crippen molar-refractivity contribution in [2.75, 3.05) is 26.2 Å². The van der Waals surface area contributed by atoms with Crippen LogP contribution in [0.3, 0.4) is 0 Å². The number of carbonyl (C=O) groups is 1. The van der Waals surface area contributed by atoms with Crippen molar-refractivity contribution in [1.82, 2.24) is 25.4 Å². The number of H-pyrrole nitrogens is 1. The van der Waals surface area contributed by atoms with Gasteiger partial charge in [0.15, 0.2) is 5.65 Å². The molecule has 0 bridgehead atoms. The number of aromatic amines is 1. The Labute approximate surface area is 162 Å². The minimum atomic E-state index is 0.0456. The van der Waals surface area contributed by atoms with E-state index >= 15 is 0 Å². The van der Waals surface area contributed by atoms with Crippen LogP contribution in [-0.4, -0.2) is 57.3 Å². The molecule has 144 valence electrons. The lowest BCUT2D eigenvalue weighted by Gasteiger charge is -2.33. The number of hydrogen-bond acceptors (Lipinski definition) is 5. The highest BCUT2D eigenvalue weighted by atomic mass is 16.3. The van der Waals surface area contributed by atoms with E-state index in [1.54, 1.807) is 30.5 Å². The maximum atomic E-state index is 13.4. The molecule has 0 saturated carbocycles. The molecule has 28 heavy (non-hydrogen) atoms. The Morgan fingerprint density at radius 2 is 1.93 bits per heavy atom. The Balaban J connectivity index is 1.50. The maximum Gasteiger partial charge on any atom is 0.254 e. The summed E-state index contributed by atoms with van der Waals surface area (Å²) in [7, 11) is 0. The zero-order chi connectivity index (χ0) is 19.1. The Kier molecular flexibility index (Phi) is 4.05. The molecule has 2 aliphatic rings. The highest BCUT2D eigenvalue weighted by Gasteiger charge is 2.41. The number of aromatic nitrogens is 3. The summed E-state index contributed by atoms with van der Waals surface area (Å²) in [5.74, 6) is 0.247. The third-order valence-electron chi connectivity index (χ3n) is 6.21. The van der Waals surface area contributed by atoms with Gasteiger partial charge in [-0.25, -0.2) is 4.98 Å². The second kappa shape index (κ2) is 6.60. The van der Waals surface area contributed by atoms with Crippen LogP contribution in [0, 0.1) is 5.41 Å². The smallest absolute Gasteiger partial charge is 0.254 e. The maximum absolute atomic E-state index is 13.4. The van der Waals surface area contributed by atoms with Crippen LogP contribution in [0.5, 0.6) is 5.75 Å². The number of phenols is 1. The molecule has 1 aromatic carbocycles. The number of fused-ring (bicyclic) bond motifs is 1. The summed E-state index contributed by atoms with van der Waals surface area (Å²) >= 11 is 0. The van der Waals surface area contributed by atoms with Gasteiger partial charge in [0.1, 0.15) is 5.75 Å². The number of pyridine rings is 1. The predicted molar refractivity (Wildman–Crippen MR) is 106 cm³/mol. The molecule has 4 heterocycles. The number of likely N-dealkylation sites (tertiary alicyclic amines) is 1. The summed E-state index contributed by atoms with van der Waals surface area (Å²) in [6.45, 7) is 3.70.